The summed E-state index contributed by atoms with van der Waals surface area (Å²) in [4.78, 5) is 17.3. The number of nitrogens with two attached hydrogens (primary N) is 2. The molecule has 5 N–H and O–H groups in total. The average molecular weight is 250 g/mol. The van der Waals surface area contributed by atoms with Gasteiger partial charge in [0.1, 0.15) is 5.69 Å². The van der Waals surface area contributed by atoms with Crippen LogP contribution >= 0.6 is 0 Å². The van der Waals surface area contributed by atoms with Gasteiger partial charge in [0, 0.05) is 6.54 Å². The number of carbonyl (C=O) groups is 1. The third-order valence-corrected chi connectivity index (χ3v) is 3.50. The zero-order valence-corrected chi connectivity index (χ0v) is 10.3. The first-order chi connectivity index (χ1) is 8.54. The van der Waals surface area contributed by atoms with Crippen LogP contribution in [-0.4, -0.2) is 35.2 Å². The molecule has 1 saturated heterocycles. The topological polar surface area (TPSA) is 105 Å². The number of aliphatic hydroxyl groups excluding tert-OH is 1. The number of pyridine rings is 1. The maximum absolute atomic E-state index is 11.1. The number of hydrogen-bond donors (Lipinski definition) is 3. The molecule has 1 aliphatic rings. The van der Waals surface area contributed by atoms with E-state index in [-0.39, 0.29) is 18.3 Å². The Morgan fingerprint density at radius 3 is 2.94 bits per heavy atom. The Labute approximate surface area is 106 Å². The highest BCUT2D eigenvalue weighted by atomic mass is 16.3. The highest BCUT2D eigenvalue weighted by molar-refractivity contribution is 5.92. The van der Waals surface area contributed by atoms with Crippen molar-refractivity contribution < 1.29 is 9.90 Å². The summed E-state index contributed by atoms with van der Waals surface area (Å²) in [6.45, 7) is 2.89. The molecule has 0 spiro atoms. The highest BCUT2D eigenvalue weighted by Gasteiger charge is 2.32. The molecule has 2 heterocycles. The quantitative estimate of drug-likeness (QED) is 0.698. The molecular weight excluding hydrogens is 232 g/mol. The molecule has 1 amide bonds. The van der Waals surface area contributed by atoms with Crippen LogP contribution in [0.15, 0.2) is 12.1 Å². The third kappa shape index (κ3) is 2.11. The van der Waals surface area contributed by atoms with Crippen LogP contribution in [0.4, 0.5) is 11.5 Å². The van der Waals surface area contributed by atoms with Crippen LogP contribution in [0.2, 0.25) is 0 Å². The van der Waals surface area contributed by atoms with Gasteiger partial charge < -0.3 is 21.5 Å². The first-order valence-corrected chi connectivity index (χ1v) is 5.98. The molecule has 0 bridgehead atoms. The van der Waals surface area contributed by atoms with Crippen LogP contribution in [0.25, 0.3) is 0 Å². The lowest BCUT2D eigenvalue weighted by atomic mass is 10.0. The largest absolute Gasteiger partial charge is 0.396 e. The van der Waals surface area contributed by atoms with E-state index >= 15 is 0 Å². The fraction of sp³-hybridized carbons (Fsp3) is 0.500. The smallest absolute Gasteiger partial charge is 0.267 e. The number of anilines is 2. The molecule has 0 radical (unpaired) electrons. The zero-order valence-electron chi connectivity index (χ0n) is 10.3. The first kappa shape index (κ1) is 12.6. The molecule has 2 rings (SSSR count). The number of carbonyl (C=O) groups excluding carboxylic acids is 1. The standard InChI is InChI=1S/C12H18N4O2/c1-7-4-5-16(10(7)6-17)12-8(13)2-3-9(15-12)11(14)18/h2-3,7,10,17H,4-6,13H2,1H3,(H2,14,18). The Bertz CT molecular complexity index is 463. The first-order valence-electron chi connectivity index (χ1n) is 5.98. The molecular formula is C12H18N4O2. The monoisotopic (exact) mass is 250 g/mol. The Morgan fingerprint density at radius 2 is 2.33 bits per heavy atom. The number of aliphatic hydroxyl groups is 1. The predicted molar refractivity (Wildman–Crippen MR) is 69.2 cm³/mol. The van der Waals surface area contributed by atoms with Crippen LogP contribution in [-0.2, 0) is 0 Å². The van der Waals surface area contributed by atoms with E-state index in [0.717, 1.165) is 13.0 Å². The van der Waals surface area contributed by atoms with E-state index in [4.69, 9.17) is 11.5 Å². The number of hydrogen-bond acceptors (Lipinski definition) is 5. The minimum Gasteiger partial charge on any atom is -0.396 e. The van der Waals surface area contributed by atoms with Gasteiger partial charge in [-0.3, -0.25) is 4.79 Å². The second-order valence-electron chi connectivity index (χ2n) is 4.68. The van der Waals surface area contributed by atoms with Gasteiger partial charge in [-0.25, -0.2) is 4.98 Å². The third-order valence-electron chi connectivity index (χ3n) is 3.50. The second-order valence-corrected chi connectivity index (χ2v) is 4.68. The minimum atomic E-state index is -0.580. The van der Waals surface area contributed by atoms with Gasteiger partial charge in [-0.1, -0.05) is 6.92 Å². The summed E-state index contributed by atoms with van der Waals surface area (Å²) < 4.78 is 0. The number of amides is 1. The second kappa shape index (κ2) is 4.81. The SMILES string of the molecule is CC1CCN(c2nc(C(N)=O)ccc2N)C1CO. The summed E-state index contributed by atoms with van der Waals surface area (Å²) in [5.74, 6) is 0.326. The van der Waals surface area contributed by atoms with Gasteiger partial charge in [0.2, 0.25) is 0 Å². The van der Waals surface area contributed by atoms with Gasteiger partial charge in [0.05, 0.1) is 18.3 Å². The van der Waals surface area contributed by atoms with Crippen LogP contribution in [0.5, 0.6) is 0 Å². The van der Waals surface area contributed by atoms with Crippen molar-refractivity contribution in [1.29, 1.82) is 0 Å². The molecule has 6 nitrogen and oxygen atoms in total. The van der Waals surface area contributed by atoms with Crippen molar-refractivity contribution in [3.8, 4) is 0 Å². The zero-order chi connectivity index (χ0) is 13.3. The summed E-state index contributed by atoms with van der Waals surface area (Å²) >= 11 is 0. The maximum Gasteiger partial charge on any atom is 0.267 e. The fourth-order valence-corrected chi connectivity index (χ4v) is 2.38. The van der Waals surface area contributed by atoms with Crippen molar-refractivity contribution in [2.45, 2.75) is 19.4 Å². The predicted octanol–water partition coefficient (Wildman–Crippen LogP) is -0.0302. The van der Waals surface area contributed by atoms with E-state index in [2.05, 4.69) is 11.9 Å². The number of nitrogens with zero attached hydrogens (tertiary/aromatic N) is 2. The molecule has 1 fully saturated rings. The molecule has 1 aromatic rings. The lowest BCUT2D eigenvalue weighted by Gasteiger charge is -2.27. The van der Waals surface area contributed by atoms with Crippen molar-refractivity contribution in [2.75, 3.05) is 23.8 Å². The summed E-state index contributed by atoms with van der Waals surface area (Å²) in [6, 6.07) is 3.12. The summed E-state index contributed by atoms with van der Waals surface area (Å²) in [6.07, 6.45) is 0.965. The molecule has 6 heteroatoms. The van der Waals surface area contributed by atoms with Crippen molar-refractivity contribution >= 4 is 17.4 Å². The Hall–Kier alpha value is -1.82. The van der Waals surface area contributed by atoms with Crippen LogP contribution in [0, 0.1) is 5.92 Å². The van der Waals surface area contributed by atoms with Crippen molar-refractivity contribution in [3.63, 3.8) is 0 Å². The van der Waals surface area contributed by atoms with E-state index in [9.17, 15) is 9.90 Å². The average Bonchev–Trinajstić information content (AvgIpc) is 2.70. The van der Waals surface area contributed by atoms with Crippen LogP contribution in [0.1, 0.15) is 23.8 Å². The van der Waals surface area contributed by atoms with Crippen LogP contribution < -0.4 is 16.4 Å². The number of nitrogen functional groups attached to an aromatic ring is 1. The number of aromatic nitrogens is 1. The Kier molecular flexibility index (Phi) is 3.38. The van der Waals surface area contributed by atoms with Gasteiger partial charge in [0.25, 0.3) is 5.91 Å². The lowest BCUT2D eigenvalue weighted by Crippen LogP contribution is -2.36. The van der Waals surface area contributed by atoms with E-state index in [0.29, 0.717) is 17.4 Å². The molecule has 0 aliphatic carbocycles. The van der Waals surface area contributed by atoms with E-state index in [1.807, 2.05) is 4.90 Å². The molecule has 1 aromatic heterocycles. The molecule has 98 valence electrons. The Balaban J connectivity index is 2.38. The molecule has 1 aliphatic heterocycles. The molecule has 18 heavy (non-hydrogen) atoms. The molecule has 2 unspecified atom stereocenters. The fourth-order valence-electron chi connectivity index (χ4n) is 2.38. The molecule has 0 aromatic carbocycles. The number of rotatable bonds is 3. The van der Waals surface area contributed by atoms with Crippen molar-refractivity contribution in [1.82, 2.24) is 4.98 Å². The Morgan fingerprint density at radius 1 is 1.61 bits per heavy atom. The van der Waals surface area contributed by atoms with E-state index in [1.54, 1.807) is 6.07 Å². The highest BCUT2D eigenvalue weighted by Crippen LogP contribution is 2.31. The summed E-state index contributed by atoms with van der Waals surface area (Å²) in [7, 11) is 0. The minimum absolute atomic E-state index is 0.0112. The summed E-state index contributed by atoms with van der Waals surface area (Å²) in [5, 5.41) is 9.44. The molecule has 2 atom stereocenters. The van der Waals surface area contributed by atoms with Crippen LogP contribution in [0.3, 0.4) is 0 Å². The van der Waals surface area contributed by atoms with Gasteiger partial charge in [-0.05, 0) is 24.5 Å². The van der Waals surface area contributed by atoms with Gasteiger partial charge >= 0.3 is 0 Å². The van der Waals surface area contributed by atoms with Gasteiger partial charge in [0.15, 0.2) is 5.82 Å². The summed E-state index contributed by atoms with van der Waals surface area (Å²) in [5.41, 5.74) is 11.8. The lowest BCUT2D eigenvalue weighted by molar-refractivity contribution is 0.0995. The van der Waals surface area contributed by atoms with Gasteiger partial charge in [-0.15, -0.1) is 0 Å². The normalized spacial score (nSPS) is 23.3. The maximum atomic E-state index is 11.1. The van der Waals surface area contributed by atoms with Crippen molar-refractivity contribution in [2.24, 2.45) is 11.7 Å². The molecule has 0 saturated carbocycles. The number of primary amides is 1. The van der Waals surface area contributed by atoms with E-state index < -0.39 is 5.91 Å². The van der Waals surface area contributed by atoms with Gasteiger partial charge in [-0.2, -0.15) is 0 Å². The van der Waals surface area contributed by atoms with Crippen molar-refractivity contribution in [3.05, 3.63) is 17.8 Å². The van der Waals surface area contributed by atoms with E-state index in [1.165, 1.54) is 6.07 Å².